The van der Waals surface area contributed by atoms with Crippen LogP contribution in [0, 0.1) is 0 Å². The zero-order valence-electron chi connectivity index (χ0n) is 9.11. The first-order valence-electron chi connectivity index (χ1n) is 4.77. The van der Waals surface area contributed by atoms with Gasteiger partial charge in [0.2, 0.25) is 8.32 Å². The Balaban J connectivity index is 3.98. The van der Waals surface area contributed by atoms with E-state index in [1.54, 1.807) is 0 Å². The second-order valence-electron chi connectivity index (χ2n) is 3.74. The molecule has 0 aromatic rings. The van der Waals surface area contributed by atoms with Gasteiger partial charge in [-0.05, 0) is 26.4 Å². The van der Waals surface area contributed by atoms with Crippen LogP contribution in [0.25, 0.3) is 0 Å². The fourth-order valence-corrected chi connectivity index (χ4v) is 2.85. The third-order valence-corrected chi connectivity index (χ3v) is 8.65. The molecular weight excluding hydrogens is 180 g/mol. The standard InChI is InChI=1S/C9H22OSi2/c1-5-6-7-8-9(2)12(3,4)10-11/h8H,5-7H2,1-4,11H3. The van der Waals surface area contributed by atoms with E-state index in [9.17, 15) is 0 Å². The van der Waals surface area contributed by atoms with Crippen molar-refractivity contribution in [1.82, 2.24) is 0 Å². The van der Waals surface area contributed by atoms with Gasteiger partial charge >= 0.3 is 0 Å². The van der Waals surface area contributed by atoms with Crippen LogP contribution in [0.1, 0.15) is 33.1 Å². The lowest BCUT2D eigenvalue weighted by Crippen LogP contribution is -2.31. The highest BCUT2D eigenvalue weighted by molar-refractivity contribution is 6.80. The fourth-order valence-electron chi connectivity index (χ4n) is 0.929. The summed E-state index contributed by atoms with van der Waals surface area (Å²) >= 11 is 0. The zero-order valence-corrected chi connectivity index (χ0v) is 12.1. The van der Waals surface area contributed by atoms with Crippen LogP contribution in [-0.4, -0.2) is 18.8 Å². The molecule has 0 bridgehead atoms. The summed E-state index contributed by atoms with van der Waals surface area (Å²) in [6, 6.07) is 0. The quantitative estimate of drug-likeness (QED) is 0.490. The highest BCUT2D eigenvalue weighted by Crippen LogP contribution is 2.15. The van der Waals surface area contributed by atoms with Gasteiger partial charge in [0.15, 0.2) is 0 Å². The van der Waals surface area contributed by atoms with Gasteiger partial charge in [0.25, 0.3) is 0 Å². The molecule has 0 amide bonds. The molecule has 0 aromatic carbocycles. The molecule has 0 saturated heterocycles. The lowest BCUT2D eigenvalue weighted by Gasteiger charge is -2.21. The summed E-state index contributed by atoms with van der Waals surface area (Å²) in [4.78, 5) is 0. The van der Waals surface area contributed by atoms with Crippen LogP contribution in [0.5, 0.6) is 0 Å². The largest absolute Gasteiger partial charge is 0.461 e. The van der Waals surface area contributed by atoms with Crippen LogP contribution in [-0.2, 0) is 4.12 Å². The van der Waals surface area contributed by atoms with E-state index >= 15 is 0 Å². The molecule has 1 nitrogen and oxygen atoms in total. The topological polar surface area (TPSA) is 9.23 Å². The highest BCUT2D eigenvalue weighted by atomic mass is 28.4. The average molecular weight is 202 g/mol. The van der Waals surface area contributed by atoms with Crippen LogP contribution in [0.3, 0.4) is 0 Å². The van der Waals surface area contributed by atoms with E-state index < -0.39 is 8.32 Å². The number of hydrogen-bond acceptors (Lipinski definition) is 1. The second kappa shape index (κ2) is 5.72. The Hall–Kier alpha value is 0.134. The summed E-state index contributed by atoms with van der Waals surface area (Å²) in [6.45, 7) is 9.00. The Labute approximate surface area is 80.9 Å². The van der Waals surface area contributed by atoms with E-state index in [1.807, 2.05) is 0 Å². The van der Waals surface area contributed by atoms with E-state index in [4.69, 9.17) is 4.12 Å². The normalized spacial score (nSPS) is 13.8. The zero-order chi connectivity index (χ0) is 9.61. The average Bonchev–Trinajstić information content (AvgIpc) is 2.05. The van der Waals surface area contributed by atoms with Crippen LogP contribution in [0.2, 0.25) is 13.1 Å². The van der Waals surface area contributed by atoms with Crippen molar-refractivity contribution in [3.63, 3.8) is 0 Å². The Morgan fingerprint density at radius 2 is 2.08 bits per heavy atom. The Bertz CT molecular complexity index is 153. The van der Waals surface area contributed by atoms with Crippen molar-refractivity contribution in [3.05, 3.63) is 11.3 Å². The number of unbranched alkanes of at least 4 members (excludes halogenated alkanes) is 2. The van der Waals surface area contributed by atoms with Gasteiger partial charge in [-0.15, -0.1) is 0 Å². The summed E-state index contributed by atoms with van der Waals surface area (Å²) in [5.74, 6) is 0. The molecule has 0 N–H and O–H groups in total. The van der Waals surface area contributed by atoms with Gasteiger partial charge < -0.3 is 4.12 Å². The van der Waals surface area contributed by atoms with Crippen LogP contribution < -0.4 is 0 Å². The maximum absolute atomic E-state index is 5.64. The maximum atomic E-state index is 5.64. The van der Waals surface area contributed by atoms with Crippen molar-refractivity contribution in [2.24, 2.45) is 0 Å². The van der Waals surface area contributed by atoms with Gasteiger partial charge in [-0.3, -0.25) is 0 Å². The third kappa shape index (κ3) is 4.23. The number of allylic oxidation sites excluding steroid dienone is 2. The van der Waals surface area contributed by atoms with Gasteiger partial charge in [-0.25, -0.2) is 0 Å². The van der Waals surface area contributed by atoms with Crippen molar-refractivity contribution in [1.29, 1.82) is 0 Å². The first-order valence-corrected chi connectivity index (χ1v) is 8.49. The molecular formula is C9H22OSi2. The minimum Gasteiger partial charge on any atom is -0.461 e. The molecule has 0 aliphatic heterocycles. The Morgan fingerprint density at radius 1 is 1.50 bits per heavy atom. The van der Waals surface area contributed by atoms with Crippen molar-refractivity contribution >= 4 is 18.8 Å². The summed E-state index contributed by atoms with van der Waals surface area (Å²) in [6.07, 6.45) is 6.19. The minimum absolute atomic E-state index is 0.876. The molecule has 0 fully saturated rings. The Morgan fingerprint density at radius 3 is 2.50 bits per heavy atom. The van der Waals surface area contributed by atoms with E-state index in [-0.39, 0.29) is 0 Å². The van der Waals surface area contributed by atoms with Crippen LogP contribution in [0.4, 0.5) is 0 Å². The fraction of sp³-hybridized carbons (Fsp3) is 0.778. The summed E-state index contributed by atoms with van der Waals surface area (Å²) < 4.78 is 5.64. The van der Waals surface area contributed by atoms with E-state index in [0.29, 0.717) is 0 Å². The van der Waals surface area contributed by atoms with E-state index in [0.717, 1.165) is 10.5 Å². The monoisotopic (exact) mass is 202 g/mol. The van der Waals surface area contributed by atoms with Crippen molar-refractivity contribution < 1.29 is 4.12 Å². The molecule has 0 unspecified atom stereocenters. The van der Waals surface area contributed by atoms with E-state index in [2.05, 4.69) is 33.0 Å². The molecule has 0 spiro atoms. The van der Waals surface area contributed by atoms with Crippen LogP contribution >= 0.6 is 0 Å². The van der Waals surface area contributed by atoms with Crippen molar-refractivity contribution in [2.75, 3.05) is 0 Å². The van der Waals surface area contributed by atoms with E-state index in [1.165, 1.54) is 24.5 Å². The molecule has 12 heavy (non-hydrogen) atoms. The second-order valence-corrected chi connectivity index (χ2v) is 9.19. The van der Waals surface area contributed by atoms with Gasteiger partial charge in [-0.1, -0.05) is 31.0 Å². The molecule has 0 saturated carbocycles. The Kier molecular flexibility index (Phi) is 5.79. The molecule has 0 aliphatic rings. The summed E-state index contributed by atoms with van der Waals surface area (Å²) in [5.41, 5.74) is 0. The number of hydrogen-bond donors (Lipinski definition) is 0. The van der Waals surface area contributed by atoms with Gasteiger partial charge in [-0.2, -0.15) is 0 Å². The molecule has 0 aliphatic carbocycles. The highest BCUT2D eigenvalue weighted by Gasteiger charge is 2.21. The lowest BCUT2D eigenvalue weighted by atomic mass is 10.2. The first-order chi connectivity index (χ1) is 5.54. The molecule has 0 atom stereocenters. The van der Waals surface area contributed by atoms with Gasteiger partial charge in [0, 0.05) is 0 Å². The minimum atomic E-state index is -1.41. The summed E-state index contributed by atoms with van der Waals surface area (Å²) in [7, 11) is -0.532. The van der Waals surface area contributed by atoms with Gasteiger partial charge in [0.05, 0.1) is 0 Å². The lowest BCUT2D eigenvalue weighted by molar-refractivity contribution is 0.620. The van der Waals surface area contributed by atoms with Crippen molar-refractivity contribution in [3.8, 4) is 0 Å². The molecule has 0 heterocycles. The molecule has 3 heteroatoms. The predicted octanol–water partition coefficient (Wildman–Crippen LogP) is 2.16. The maximum Gasteiger partial charge on any atom is 0.200 e. The van der Waals surface area contributed by atoms with Gasteiger partial charge in [0.1, 0.15) is 10.5 Å². The third-order valence-electron chi connectivity index (χ3n) is 2.47. The predicted molar refractivity (Wildman–Crippen MR) is 61.8 cm³/mol. The molecule has 72 valence electrons. The molecule has 0 rings (SSSR count). The number of rotatable bonds is 5. The smallest absolute Gasteiger partial charge is 0.200 e. The van der Waals surface area contributed by atoms with Crippen LogP contribution in [0.15, 0.2) is 11.3 Å². The molecule has 0 aromatic heterocycles. The SMILES string of the molecule is CCCCC=C(C)[Si](C)(C)O[SiH3]. The summed E-state index contributed by atoms with van der Waals surface area (Å²) in [5, 5.41) is 1.51. The molecule has 0 radical (unpaired) electrons. The van der Waals surface area contributed by atoms with Crippen molar-refractivity contribution in [2.45, 2.75) is 46.2 Å². The first kappa shape index (κ1) is 12.1.